The van der Waals surface area contributed by atoms with Gasteiger partial charge in [-0.15, -0.1) is 0 Å². The van der Waals surface area contributed by atoms with Gasteiger partial charge in [-0.05, 0) is 23.2 Å². The van der Waals surface area contributed by atoms with Crippen molar-refractivity contribution in [2.75, 3.05) is 11.0 Å². The topological polar surface area (TPSA) is 43.4 Å². The van der Waals surface area contributed by atoms with Crippen LogP contribution in [0.5, 0.6) is 0 Å². The van der Waals surface area contributed by atoms with Crippen molar-refractivity contribution in [3.63, 3.8) is 0 Å². The molecule has 1 unspecified atom stereocenters. The summed E-state index contributed by atoms with van der Waals surface area (Å²) in [5.74, 6) is -0.635. The van der Waals surface area contributed by atoms with Crippen LogP contribution in [0.1, 0.15) is 0 Å². The number of halogens is 1. The highest BCUT2D eigenvalue weighted by atomic mass is 32.2. The molecule has 1 atom stereocenters. The van der Waals surface area contributed by atoms with Crippen LogP contribution in [0.4, 0.5) is 10.2 Å². The highest BCUT2D eigenvalue weighted by Crippen LogP contribution is 2.12. The van der Waals surface area contributed by atoms with Crippen LogP contribution in [0.3, 0.4) is 0 Å². The fraction of sp³-hybridized carbons (Fsp3) is 0.143. The van der Waals surface area contributed by atoms with Gasteiger partial charge in [0.2, 0.25) is 0 Å². The van der Waals surface area contributed by atoms with E-state index >= 15 is 0 Å². The Labute approximate surface area is 72.0 Å². The van der Waals surface area contributed by atoms with E-state index in [0.717, 1.165) is 0 Å². The Morgan fingerprint density at radius 2 is 2.00 bits per heavy atom. The van der Waals surface area contributed by atoms with Crippen LogP contribution in [-0.2, 0) is 11.1 Å². The van der Waals surface area contributed by atoms with Gasteiger partial charge in [0.25, 0.3) is 0 Å². The Balaban J connectivity index is 2.65. The third-order valence-corrected chi connectivity index (χ3v) is 1.69. The van der Waals surface area contributed by atoms with Gasteiger partial charge < -0.3 is 4.55 Å². The van der Waals surface area contributed by atoms with E-state index in [1.807, 2.05) is 0 Å². The number of rotatable bonds is 3. The summed E-state index contributed by atoms with van der Waals surface area (Å²) < 4.78 is 33.0. The van der Waals surface area contributed by atoms with E-state index in [-0.39, 0.29) is 10.8 Å². The molecular weight excluding hydrogens is 181 g/mol. The minimum absolute atomic E-state index is 0.170. The van der Waals surface area contributed by atoms with Crippen LogP contribution in [0.2, 0.25) is 0 Å². The van der Waals surface area contributed by atoms with E-state index in [2.05, 4.69) is 0 Å². The number of hydrogen-bond acceptors (Lipinski definition) is 3. The first kappa shape index (κ1) is 9.15. The van der Waals surface area contributed by atoms with Crippen molar-refractivity contribution >= 4 is 16.8 Å². The molecule has 0 bridgehead atoms. The lowest BCUT2D eigenvalue weighted by Crippen LogP contribution is -2.17. The SMILES string of the molecule is O=S([O-])CN(F)c1ccccc1. The summed E-state index contributed by atoms with van der Waals surface area (Å²) >= 11 is -2.40. The monoisotopic (exact) mass is 188 g/mol. The van der Waals surface area contributed by atoms with E-state index in [0.29, 0.717) is 0 Å². The molecule has 0 saturated carbocycles. The maximum atomic E-state index is 12.8. The molecular formula is C7H7FNO2S-. The Hall–Kier alpha value is -0.940. The first-order chi connectivity index (χ1) is 5.70. The normalized spacial score (nSPS) is 12.5. The standard InChI is InChI=1S/C7H8FNO2S/c8-9(6-12(10)11)7-4-2-1-3-5-7/h1-5H,6H2,(H,10,11)/p-1. The van der Waals surface area contributed by atoms with Crippen LogP contribution in [0.25, 0.3) is 0 Å². The van der Waals surface area contributed by atoms with E-state index in [9.17, 15) is 13.2 Å². The second kappa shape index (κ2) is 4.18. The molecule has 0 radical (unpaired) electrons. The van der Waals surface area contributed by atoms with Crippen molar-refractivity contribution < 1.29 is 13.2 Å². The number of nitrogens with zero attached hydrogens (tertiary/aromatic N) is 1. The molecule has 0 fully saturated rings. The number of benzene rings is 1. The Kier molecular flexibility index (Phi) is 3.19. The fourth-order valence-corrected chi connectivity index (χ4v) is 1.09. The third-order valence-electron chi connectivity index (χ3n) is 1.26. The minimum Gasteiger partial charge on any atom is -0.771 e. The summed E-state index contributed by atoms with van der Waals surface area (Å²) in [6.45, 7) is 0. The molecule has 0 aromatic heterocycles. The summed E-state index contributed by atoms with van der Waals surface area (Å²) in [6.07, 6.45) is 0. The lowest BCUT2D eigenvalue weighted by Gasteiger charge is -2.14. The van der Waals surface area contributed by atoms with Crippen molar-refractivity contribution in [1.82, 2.24) is 0 Å². The molecule has 0 aliphatic carbocycles. The van der Waals surface area contributed by atoms with Crippen LogP contribution < -0.4 is 5.12 Å². The molecule has 0 amide bonds. The molecule has 0 saturated heterocycles. The van der Waals surface area contributed by atoms with Crippen molar-refractivity contribution in [3.05, 3.63) is 30.3 Å². The van der Waals surface area contributed by atoms with Crippen LogP contribution in [0, 0.1) is 0 Å². The van der Waals surface area contributed by atoms with Gasteiger partial charge in [-0.2, -0.15) is 0 Å². The lowest BCUT2D eigenvalue weighted by atomic mass is 10.3. The summed E-state index contributed by atoms with van der Waals surface area (Å²) in [6, 6.07) is 7.98. The summed E-state index contributed by atoms with van der Waals surface area (Å²) in [4.78, 5) is 0. The van der Waals surface area contributed by atoms with Gasteiger partial charge in [0.1, 0.15) is 5.88 Å². The smallest absolute Gasteiger partial charge is 0.113 e. The highest BCUT2D eigenvalue weighted by molar-refractivity contribution is 7.79. The molecule has 66 valence electrons. The molecule has 1 aromatic rings. The molecule has 0 heterocycles. The molecule has 3 nitrogen and oxygen atoms in total. The minimum atomic E-state index is -2.40. The maximum absolute atomic E-state index is 12.8. The third kappa shape index (κ3) is 2.60. The van der Waals surface area contributed by atoms with Gasteiger partial charge in [0, 0.05) is 0 Å². The number of anilines is 1. The maximum Gasteiger partial charge on any atom is 0.113 e. The van der Waals surface area contributed by atoms with Gasteiger partial charge in [-0.3, -0.25) is 4.21 Å². The molecule has 1 rings (SSSR count). The zero-order chi connectivity index (χ0) is 8.97. The quantitative estimate of drug-likeness (QED) is 0.529. The van der Waals surface area contributed by atoms with Gasteiger partial charge >= 0.3 is 0 Å². The van der Waals surface area contributed by atoms with Crippen molar-refractivity contribution in [3.8, 4) is 0 Å². The predicted octanol–water partition coefficient (Wildman–Crippen LogP) is 1.21. The zero-order valence-electron chi connectivity index (χ0n) is 6.14. The molecule has 1 aromatic carbocycles. The fourth-order valence-electron chi connectivity index (χ4n) is 0.757. The predicted molar refractivity (Wildman–Crippen MR) is 43.8 cm³/mol. The average molecular weight is 188 g/mol. The van der Waals surface area contributed by atoms with Crippen LogP contribution >= 0.6 is 0 Å². The summed E-state index contributed by atoms with van der Waals surface area (Å²) in [5, 5.41) is 0.170. The Morgan fingerprint density at radius 1 is 1.42 bits per heavy atom. The second-order valence-corrected chi connectivity index (χ2v) is 3.00. The van der Waals surface area contributed by atoms with Gasteiger partial charge in [0.05, 0.1) is 5.69 Å². The lowest BCUT2D eigenvalue weighted by molar-refractivity contribution is 0.450. The zero-order valence-corrected chi connectivity index (χ0v) is 6.96. The van der Waals surface area contributed by atoms with E-state index < -0.39 is 17.0 Å². The Bertz CT molecular complexity index is 267. The second-order valence-electron chi connectivity index (χ2n) is 2.13. The van der Waals surface area contributed by atoms with E-state index in [1.54, 1.807) is 18.2 Å². The molecule has 12 heavy (non-hydrogen) atoms. The van der Waals surface area contributed by atoms with Crippen molar-refractivity contribution in [2.24, 2.45) is 0 Å². The molecule has 5 heteroatoms. The largest absolute Gasteiger partial charge is 0.771 e. The van der Waals surface area contributed by atoms with Gasteiger partial charge in [-0.25, -0.2) is 5.12 Å². The number of hydrogen-bond donors (Lipinski definition) is 0. The Morgan fingerprint density at radius 3 is 2.50 bits per heavy atom. The van der Waals surface area contributed by atoms with Crippen molar-refractivity contribution in [2.45, 2.75) is 0 Å². The van der Waals surface area contributed by atoms with E-state index in [1.165, 1.54) is 12.1 Å². The van der Waals surface area contributed by atoms with Crippen molar-refractivity contribution in [1.29, 1.82) is 0 Å². The molecule has 0 aliphatic rings. The van der Waals surface area contributed by atoms with Gasteiger partial charge in [-0.1, -0.05) is 22.7 Å². The molecule has 0 N–H and O–H groups in total. The van der Waals surface area contributed by atoms with Crippen LogP contribution in [0.15, 0.2) is 30.3 Å². The average Bonchev–Trinajstić information content (AvgIpc) is 2.05. The summed E-state index contributed by atoms with van der Waals surface area (Å²) in [7, 11) is 0. The highest BCUT2D eigenvalue weighted by Gasteiger charge is 2.02. The van der Waals surface area contributed by atoms with Gasteiger partial charge in [0.15, 0.2) is 0 Å². The first-order valence-electron chi connectivity index (χ1n) is 3.24. The molecule has 0 aliphatic heterocycles. The summed E-state index contributed by atoms with van der Waals surface area (Å²) in [5.41, 5.74) is 0.238. The van der Waals surface area contributed by atoms with E-state index in [4.69, 9.17) is 0 Å². The van der Waals surface area contributed by atoms with Crippen LogP contribution in [-0.4, -0.2) is 14.6 Å². The number of para-hydroxylation sites is 1. The first-order valence-corrected chi connectivity index (χ1v) is 4.49. The molecule has 0 spiro atoms.